The SMILES string of the molecule is O=C(O)C(F)(F)F.O=C(c1ccsc1)N1CCO[C@@H]2CN(Cc3nccs3)C[C@@H]2C1. The highest BCUT2D eigenvalue weighted by Gasteiger charge is 2.39. The van der Waals surface area contributed by atoms with Gasteiger partial charge in [0.05, 0.1) is 24.8 Å². The lowest BCUT2D eigenvalue weighted by molar-refractivity contribution is -0.192. The van der Waals surface area contributed by atoms with Crippen molar-refractivity contribution in [1.29, 1.82) is 0 Å². The van der Waals surface area contributed by atoms with Gasteiger partial charge in [-0.05, 0) is 11.4 Å². The van der Waals surface area contributed by atoms with E-state index in [1.165, 1.54) is 0 Å². The maximum Gasteiger partial charge on any atom is 0.490 e. The molecule has 2 aromatic rings. The van der Waals surface area contributed by atoms with Crippen molar-refractivity contribution in [2.75, 3.05) is 32.8 Å². The van der Waals surface area contributed by atoms with Gasteiger partial charge in [-0.3, -0.25) is 9.69 Å². The smallest absolute Gasteiger partial charge is 0.475 e. The van der Waals surface area contributed by atoms with Crippen molar-refractivity contribution < 1.29 is 32.6 Å². The summed E-state index contributed by atoms with van der Waals surface area (Å²) in [6.45, 7) is 4.89. The Bertz CT molecular complexity index is 830. The van der Waals surface area contributed by atoms with E-state index in [2.05, 4.69) is 9.88 Å². The van der Waals surface area contributed by atoms with Gasteiger partial charge in [0.25, 0.3) is 5.91 Å². The average molecular weight is 464 g/mol. The second-order valence-electron chi connectivity index (χ2n) is 6.86. The topological polar surface area (TPSA) is 83.0 Å². The zero-order valence-electron chi connectivity index (χ0n) is 15.7. The van der Waals surface area contributed by atoms with Crippen LogP contribution in [-0.2, 0) is 16.1 Å². The molecule has 1 N–H and O–H groups in total. The van der Waals surface area contributed by atoms with E-state index >= 15 is 0 Å². The van der Waals surface area contributed by atoms with Crippen LogP contribution >= 0.6 is 22.7 Å². The standard InChI is InChI=1S/C16H19N3O2S2.C2HF3O2/c20-16(12-1-5-22-11-12)19-3-4-21-14-9-18(7-13(14)8-19)10-15-17-2-6-23-15;3-2(4,5)1(6)7/h1-2,5-6,11,13-14H,3-4,7-10H2;(H,6,7)/t13-,14-;/m1./s1. The molecule has 0 bridgehead atoms. The van der Waals surface area contributed by atoms with Gasteiger partial charge < -0.3 is 14.7 Å². The summed E-state index contributed by atoms with van der Waals surface area (Å²) in [6, 6.07) is 1.90. The fourth-order valence-corrected chi connectivity index (χ4v) is 4.67. The molecule has 12 heteroatoms. The quantitative estimate of drug-likeness (QED) is 0.754. The van der Waals surface area contributed by atoms with Crippen LogP contribution < -0.4 is 0 Å². The molecule has 7 nitrogen and oxygen atoms in total. The Morgan fingerprint density at radius 1 is 1.27 bits per heavy atom. The molecular formula is C18H20F3N3O4S2. The summed E-state index contributed by atoms with van der Waals surface area (Å²) in [4.78, 5) is 30.2. The molecule has 1 amide bonds. The van der Waals surface area contributed by atoms with Crippen molar-refractivity contribution in [2.24, 2.45) is 5.92 Å². The number of hydrogen-bond acceptors (Lipinski definition) is 7. The molecule has 4 heterocycles. The fraction of sp³-hybridized carbons (Fsp3) is 0.500. The molecule has 0 aromatic carbocycles. The van der Waals surface area contributed by atoms with E-state index in [1.807, 2.05) is 33.3 Å². The van der Waals surface area contributed by atoms with Crippen LogP contribution in [0, 0.1) is 5.92 Å². The zero-order valence-corrected chi connectivity index (χ0v) is 17.4. The number of thiazole rings is 1. The van der Waals surface area contributed by atoms with Crippen LogP contribution in [0.1, 0.15) is 15.4 Å². The van der Waals surface area contributed by atoms with Gasteiger partial charge >= 0.3 is 12.1 Å². The maximum atomic E-state index is 12.6. The van der Waals surface area contributed by atoms with Gasteiger partial charge in [0.2, 0.25) is 0 Å². The number of amides is 1. The van der Waals surface area contributed by atoms with E-state index in [4.69, 9.17) is 14.6 Å². The molecular weight excluding hydrogens is 443 g/mol. The van der Waals surface area contributed by atoms with Crippen LogP contribution in [0.15, 0.2) is 28.4 Å². The molecule has 30 heavy (non-hydrogen) atoms. The predicted octanol–water partition coefficient (Wildman–Crippen LogP) is 2.81. The number of nitrogens with zero attached hydrogens (tertiary/aromatic N) is 3. The number of fused-ring (bicyclic) bond motifs is 1. The second-order valence-corrected chi connectivity index (χ2v) is 8.61. The Morgan fingerprint density at radius 3 is 2.63 bits per heavy atom. The highest BCUT2D eigenvalue weighted by Crippen LogP contribution is 2.26. The Morgan fingerprint density at radius 2 is 2.03 bits per heavy atom. The van der Waals surface area contributed by atoms with Gasteiger partial charge in [-0.15, -0.1) is 11.3 Å². The normalized spacial score (nSPS) is 22.0. The monoisotopic (exact) mass is 463 g/mol. The zero-order chi connectivity index (χ0) is 21.7. The molecule has 0 saturated carbocycles. The van der Waals surface area contributed by atoms with Gasteiger partial charge in [0.1, 0.15) is 5.01 Å². The highest BCUT2D eigenvalue weighted by molar-refractivity contribution is 7.09. The lowest BCUT2D eigenvalue weighted by Gasteiger charge is -2.23. The molecule has 2 atom stereocenters. The minimum Gasteiger partial charge on any atom is -0.475 e. The number of carbonyl (C=O) groups excluding carboxylic acids is 1. The molecule has 0 radical (unpaired) electrons. The molecule has 2 fully saturated rings. The third kappa shape index (κ3) is 6.00. The number of aliphatic carboxylic acids is 1. The van der Waals surface area contributed by atoms with Crippen molar-refractivity contribution in [2.45, 2.75) is 18.8 Å². The first-order valence-corrected chi connectivity index (χ1v) is 10.9. The van der Waals surface area contributed by atoms with Crippen LogP contribution in [0.4, 0.5) is 13.2 Å². The molecule has 0 unspecified atom stereocenters. The maximum absolute atomic E-state index is 12.6. The first-order chi connectivity index (χ1) is 14.2. The van der Waals surface area contributed by atoms with Gasteiger partial charge in [-0.2, -0.15) is 24.5 Å². The molecule has 164 valence electrons. The Kier molecular flexibility index (Phi) is 7.45. The molecule has 4 rings (SSSR count). The minimum atomic E-state index is -5.08. The lowest BCUT2D eigenvalue weighted by atomic mass is 10.1. The highest BCUT2D eigenvalue weighted by atomic mass is 32.1. The number of halogens is 3. The number of ether oxygens (including phenoxy) is 1. The number of rotatable bonds is 3. The van der Waals surface area contributed by atoms with Gasteiger partial charge in [-0.1, -0.05) is 0 Å². The minimum absolute atomic E-state index is 0.133. The molecule has 2 aliphatic rings. The number of likely N-dealkylation sites (tertiary alicyclic amines) is 1. The summed E-state index contributed by atoms with van der Waals surface area (Å²) in [7, 11) is 0. The lowest BCUT2D eigenvalue weighted by Crippen LogP contribution is -2.37. The van der Waals surface area contributed by atoms with Gasteiger partial charge in [-0.25, -0.2) is 9.78 Å². The van der Waals surface area contributed by atoms with Crippen LogP contribution in [-0.4, -0.2) is 76.8 Å². The first kappa shape index (κ1) is 22.7. The summed E-state index contributed by atoms with van der Waals surface area (Å²) in [5.41, 5.74) is 0.797. The summed E-state index contributed by atoms with van der Waals surface area (Å²) in [6.07, 6.45) is -3.00. The van der Waals surface area contributed by atoms with Crippen LogP contribution in [0.25, 0.3) is 0 Å². The van der Waals surface area contributed by atoms with Crippen molar-refractivity contribution in [3.05, 3.63) is 39.0 Å². The predicted molar refractivity (Wildman–Crippen MR) is 105 cm³/mol. The number of alkyl halides is 3. The van der Waals surface area contributed by atoms with Gasteiger partial charge in [0.15, 0.2) is 0 Å². The van der Waals surface area contributed by atoms with Crippen molar-refractivity contribution >= 4 is 34.6 Å². The first-order valence-electron chi connectivity index (χ1n) is 9.08. The van der Waals surface area contributed by atoms with Crippen molar-refractivity contribution in [3.8, 4) is 0 Å². The molecule has 2 saturated heterocycles. The van der Waals surface area contributed by atoms with Gasteiger partial charge in [0, 0.05) is 49.1 Å². The summed E-state index contributed by atoms with van der Waals surface area (Å²) >= 11 is 3.26. The van der Waals surface area contributed by atoms with Crippen LogP contribution in [0.3, 0.4) is 0 Å². The number of carboxylic acids is 1. The van der Waals surface area contributed by atoms with E-state index < -0.39 is 12.1 Å². The van der Waals surface area contributed by atoms with E-state index in [1.54, 1.807) is 22.7 Å². The Balaban J connectivity index is 0.000000318. The van der Waals surface area contributed by atoms with E-state index in [9.17, 15) is 18.0 Å². The number of aromatic nitrogens is 1. The summed E-state index contributed by atoms with van der Waals surface area (Å²) < 4.78 is 37.8. The third-order valence-corrected chi connectivity index (χ3v) is 6.19. The van der Waals surface area contributed by atoms with E-state index in [-0.39, 0.29) is 12.0 Å². The van der Waals surface area contributed by atoms with Crippen molar-refractivity contribution in [1.82, 2.24) is 14.8 Å². The largest absolute Gasteiger partial charge is 0.490 e. The second kappa shape index (κ2) is 9.86. The average Bonchev–Trinajstić information content (AvgIpc) is 3.42. The Hall–Kier alpha value is -2.02. The number of carboxylic acid groups (broad SMARTS) is 1. The molecule has 0 spiro atoms. The third-order valence-electron chi connectivity index (χ3n) is 4.74. The van der Waals surface area contributed by atoms with E-state index in [0.29, 0.717) is 19.1 Å². The molecule has 0 aliphatic carbocycles. The fourth-order valence-electron chi connectivity index (χ4n) is 3.38. The molecule has 2 aromatic heterocycles. The Labute approximate surface area is 178 Å². The van der Waals surface area contributed by atoms with E-state index in [0.717, 1.165) is 36.8 Å². The number of hydrogen-bond donors (Lipinski definition) is 1. The number of thiophene rings is 1. The summed E-state index contributed by atoms with van der Waals surface area (Å²) in [5, 5.41) is 14.2. The molecule has 2 aliphatic heterocycles. The van der Waals surface area contributed by atoms with Crippen LogP contribution in [0.5, 0.6) is 0 Å². The number of carbonyl (C=O) groups is 2. The summed E-state index contributed by atoms with van der Waals surface area (Å²) in [5.74, 6) is -2.23. The van der Waals surface area contributed by atoms with Crippen LogP contribution in [0.2, 0.25) is 0 Å². The van der Waals surface area contributed by atoms with Crippen molar-refractivity contribution in [3.63, 3.8) is 0 Å².